The van der Waals surface area contributed by atoms with Gasteiger partial charge in [0.2, 0.25) is 0 Å². The summed E-state index contributed by atoms with van der Waals surface area (Å²) in [5, 5.41) is 9.37. The third-order valence-corrected chi connectivity index (χ3v) is 8.35. The van der Waals surface area contributed by atoms with Crippen molar-refractivity contribution in [1.82, 2.24) is 39.9 Å². The Labute approximate surface area is 254 Å². The van der Waals surface area contributed by atoms with Crippen LogP contribution in [0.1, 0.15) is 12.8 Å². The van der Waals surface area contributed by atoms with Crippen LogP contribution in [-0.4, -0.2) is 53.0 Å². The number of rotatable bonds is 8. The van der Waals surface area contributed by atoms with E-state index >= 15 is 0 Å². The first-order valence-electron chi connectivity index (χ1n) is 13.1. The quantitative estimate of drug-likeness (QED) is 0.140. The standard InChI is InChI=1S/C28H22ClN11S2/c29-23-5-3-19(17-34-23)39(27-32-9-7-21(36-27)25-30-11-15-41-25)40(20-4-6-24(35-18-20)38-13-1-2-14-38)28-33-10-8-22(37-28)26-31-12-16-42-26/h3-12,15-18H,1-2,13-14H2. The molecular weight excluding hydrogens is 590 g/mol. The van der Waals surface area contributed by atoms with E-state index in [2.05, 4.69) is 29.8 Å². The van der Waals surface area contributed by atoms with Crippen LogP contribution in [0, 0.1) is 0 Å². The Bertz CT molecular complexity index is 1760. The molecule has 11 nitrogen and oxygen atoms in total. The highest BCUT2D eigenvalue weighted by Crippen LogP contribution is 2.35. The lowest BCUT2D eigenvalue weighted by Crippen LogP contribution is -2.38. The molecule has 6 aromatic heterocycles. The molecule has 1 fully saturated rings. The maximum absolute atomic E-state index is 6.20. The van der Waals surface area contributed by atoms with Crippen molar-refractivity contribution in [3.05, 3.63) is 89.5 Å². The molecule has 0 unspecified atom stereocenters. The Kier molecular flexibility index (Phi) is 7.34. The van der Waals surface area contributed by atoms with Crippen molar-refractivity contribution in [3.63, 3.8) is 0 Å². The molecule has 6 aromatic rings. The number of anilines is 5. The van der Waals surface area contributed by atoms with Crippen LogP contribution in [0.4, 0.5) is 29.1 Å². The molecule has 1 aliphatic heterocycles. The predicted octanol–water partition coefficient (Wildman–Crippen LogP) is 6.45. The lowest BCUT2D eigenvalue weighted by molar-refractivity contribution is 0.873. The van der Waals surface area contributed by atoms with Gasteiger partial charge in [0.15, 0.2) is 0 Å². The van der Waals surface area contributed by atoms with E-state index in [1.807, 2.05) is 52.3 Å². The van der Waals surface area contributed by atoms with Gasteiger partial charge in [-0.1, -0.05) is 11.6 Å². The van der Waals surface area contributed by atoms with E-state index in [9.17, 15) is 0 Å². The van der Waals surface area contributed by atoms with Crippen molar-refractivity contribution >= 4 is 63.4 Å². The zero-order chi connectivity index (χ0) is 28.3. The van der Waals surface area contributed by atoms with Crippen LogP contribution < -0.4 is 14.9 Å². The topological polar surface area (TPSA) is 113 Å². The van der Waals surface area contributed by atoms with Gasteiger partial charge < -0.3 is 4.90 Å². The minimum absolute atomic E-state index is 0.360. The van der Waals surface area contributed by atoms with E-state index in [0.29, 0.717) is 39.8 Å². The second-order valence-electron chi connectivity index (χ2n) is 9.19. The van der Waals surface area contributed by atoms with Crippen LogP contribution in [0.15, 0.2) is 84.3 Å². The van der Waals surface area contributed by atoms with E-state index in [1.54, 1.807) is 42.1 Å². The summed E-state index contributed by atoms with van der Waals surface area (Å²) in [5.74, 6) is 1.66. The summed E-state index contributed by atoms with van der Waals surface area (Å²) in [4.78, 5) is 39.5. The number of pyridine rings is 2. The number of thiazole rings is 2. The molecule has 7 rings (SSSR count). The molecular formula is C28H22ClN11S2. The number of nitrogens with zero attached hydrogens (tertiary/aromatic N) is 11. The first-order chi connectivity index (χ1) is 20.7. The van der Waals surface area contributed by atoms with Gasteiger partial charge in [0, 0.05) is 48.6 Å². The summed E-state index contributed by atoms with van der Waals surface area (Å²) >= 11 is 9.21. The van der Waals surface area contributed by atoms with E-state index in [0.717, 1.165) is 41.8 Å². The fourth-order valence-electron chi connectivity index (χ4n) is 4.61. The van der Waals surface area contributed by atoms with Crippen molar-refractivity contribution in [2.75, 3.05) is 28.0 Å². The van der Waals surface area contributed by atoms with Gasteiger partial charge in [-0.2, -0.15) is 0 Å². The second-order valence-corrected chi connectivity index (χ2v) is 11.4. The minimum Gasteiger partial charge on any atom is -0.357 e. The number of hydrogen-bond acceptors (Lipinski definition) is 13. The summed E-state index contributed by atoms with van der Waals surface area (Å²) in [6.45, 7) is 1.99. The van der Waals surface area contributed by atoms with Crippen LogP contribution in [0.25, 0.3) is 21.4 Å². The van der Waals surface area contributed by atoms with Gasteiger partial charge in [0.25, 0.3) is 11.9 Å². The number of halogens is 1. The maximum atomic E-state index is 6.20. The van der Waals surface area contributed by atoms with Gasteiger partial charge in [0.1, 0.15) is 32.4 Å². The molecule has 0 amide bonds. The van der Waals surface area contributed by atoms with Crippen molar-refractivity contribution in [2.45, 2.75) is 12.8 Å². The molecule has 0 radical (unpaired) electrons. The van der Waals surface area contributed by atoms with Gasteiger partial charge in [-0.15, -0.1) is 22.7 Å². The summed E-state index contributed by atoms with van der Waals surface area (Å²) < 4.78 is 0. The summed E-state index contributed by atoms with van der Waals surface area (Å²) in [6.07, 6.45) is 12.7. The largest absolute Gasteiger partial charge is 0.357 e. The first-order valence-corrected chi connectivity index (χ1v) is 15.3. The average Bonchev–Trinajstić information content (AvgIpc) is 3.85. The van der Waals surface area contributed by atoms with Gasteiger partial charge in [-0.25, -0.2) is 49.9 Å². The Morgan fingerprint density at radius 1 is 0.619 bits per heavy atom. The molecule has 0 aliphatic carbocycles. The molecule has 0 N–H and O–H groups in total. The highest BCUT2D eigenvalue weighted by Gasteiger charge is 2.28. The molecule has 0 atom stereocenters. The lowest BCUT2D eigenvalue weighted by Gasteiger charge is -2.34. The molecule has 0 bridgehead atoms. The average molecular weight is 612 g/mol. The van der Waals surface area contributed by atoms with Crippen molar-refractivity contribution in [2.24, 2.45) is 0 Å². The van der Waals surface area contributed by atoms with Crippen molar-refractivity contribution in [1.29, 1.82) is 0 Å². The highest BCUT2D eigenvalue weighted by atomic mass is 35.5. The third-order valence-electron chi connectivity index (χ3n) is 6.53. The Morgan fingerprint density at radius 3 is 1.67 bits per heavy atom. The molecule has 0 spiro atoms. The SMILES string of the molecule is Clc1ccc(N(c2nccc(-c3nccs3)n2)N(c2ccc(N3CCCC3)nc2)c2nccc(-c3nccs3)n2)cn1. The Balaban J connectivity index is 1.41. The maximum Gasteiger partial charge on any atom is 0.250 e. The zero-order valence-electron chi connectivity index (χ0n) is 22.0. The fraction of sp³-hybridized carbons (Fsp3) is 0.143. The molecule has 1 aliphatic rings. The zero-order valence-corrected chi connectivity index (χ0v) is 24.4. The van der Waals surface area contributed by atoms with E-state index in [4.69, 9.17) is 26.6 Å². The lowest BCUT2D eigenvalue weighted by atomic mass is 10.3. The Hall–Kier alpha value is -4.59. The molecule has 1 saturated heterocycles. The van der Waals surface area contributed by atoms with Crippen LogP contribution in [0.3, 0.4) is 0 Å². The molecule has 0 saturated carbocycles. The molecule has 208 valence electrons. The van der Waals surface area contributed by atoms with Crippen LogP contribution in [0.2, 0.25) is 5.15 Å². The van der Waals surface area contributed by atoms with Gasteiger partial charge in [-0.05, 0) is 49.2 Å². The third kappa shape index (κ3) is 5.36. The van der Waals surface area contributed by atoms with Crippen LogP contribution in [0.5, 0.6) is 0 Å². The fourth-order valence-corrected chi connectivity index (χ4v) is 5.94. The van der Waals surface area contributed by atoms with Gasteiger partial charge in [-0.3, -0.25) is 0 Å². The molecule has 14 heteroatoms. The normalized spacial score (nSPS) is 12.9. The second kappa shape index (κ2) is 11.7. The number of hydrazine groups is 1. The minimum atomic E-state index is 0.360. The van der Waals surface area contributed by atoms with E-state index in [-0.39, 0.29) is 0 Å². The predicted molar refractivity (Wildman–Crippen MR) is 165 cm³/mol. The van der Waals surface area contributed by atoms with Gasteiger partial charge >= 0.3 is 0 Å². The van der Waals surface area contributed by atoms with Crippen molar-refractivity contribution in [3.8, 4) is 21.4 Å². The van der Waals surface area contributed by atoms with Gasteiger partial charge in [0.05, 0.1) is 23.8 Å². The highest BCUT2D eigenvalue weighted by molar-refractivity contribution is 7.13. The Morgan fingerprint density at radius 2 is 1.19 bits per heavy atom. The monoisotopic (exact) mass is 611 g/mol. The van der Waals surface area contributed by atoms with E-state index in [1.165, 1.54) is 22.7 Å². The molecule has 0 aromatic carbocycles. The van der Waals surface area contributed by atoms with Crippen molar-refractivity contribution < 1.29 is 0 Å². The van der Waals surface area contributed by atoms with Crippen LogP contribution in [-0.2, 0) is 0 Å². The summed E-state index contributed by atoms with van der Waals surface area (Å²) in [6, 6.07) is 11.2. The first kappa shape index (κ1) is 26.3. The number of hydrogen-bond donors (Lipinski definition) is 0. The molecule has 42 heavy (non-hydrogen) atoms. The number of aromatic nitrogens is 8. The van der Waals surface area contributed by atoms with Crippen LogP contribution >= 0.6 is 34.3 Å². The molecule has 7 heterocycles. The summed E-state index contributed by atoms with van der Waals surface area (Å²) in [7, 11) is 0. The smallest absolute Gasteiger partial charge is 0.250 e. The van der Waals surface area contributed by atoms with E-state index < -0.39 is 0 Å². The summed E-state index contributed by atoms with van der Waals surface area (Å²) in [5.41, 5.74) is 2.71.